The average Bonchev–Trinajstić information content (AvgIpc) is 2.50. The predicted molar refractivity (Wildman–Crippen MR) is 86.8 cm³/mol. The standard InChI is InChI=1S/C18H24N2O/c1-4-10-19-12-16-9-11-20-13-18(16)21-17-7-5-15(6-8-17)14(2)3/h5-9,11,13-14,19H,4,10,12H2,1-3H3. The van der Waals surface area contributed by atoms with E-state index in [1.807, 2.05) is 18.2 Å². The molecule has 0 radical (unpaired) electrons. The van der Waals surface area contributed by atoms with Gasteiger partial charge in [0.05, 0.1) is 6.20 Å². The van der Waals surface area contributed by atoms with E-state index in [1.165, 1.54) is 5.56 Å². The van der Waals surface area contributed by atoms with Crippen LogP contribution in [-0.2, 0) is 6.54 Å². The van der Waals surface area contributed by atoms with Gasteiger partial charge in [0, 0.05) is 18.3 Å². The second-order valence-electron chi connectivity index (χ2n) is 5.49. The van der Waals surface area contributed by atoms with Gasteiger partial charge in [-0.1, -0.05) is 32.9 Å². The lowest BCUT2D eigenvalue weighted by atomic mass is 10.0. The van der Waals surface area contributed by atoms with Crippen molar-refractivity contribution in [3.63, 3.8) is 0 Å². The molecule has 112 valence electrons. The second-order valence-corrected chi connectivity index (χ2v) is 5.49. The molecule has 0 aliphatic carbocycles. The summed E-state index contributed by atoms with van der Waals surface area (Å²) in [4.78, 5) is 4.16. The Balaban J connectivity index is 2.08. The van der Waals surface area contributed by atoms with Crippen molar-refractivity contribution in [3.05, 3.63) is 53.9 Å². The lowest BCUT2D eigenvalue weighted by molar-refractivity contribution is 0.470. The van der Waals surface area contributed by atoms with E-state index in [2.05, 4.69) is 43.2 Å². The van der Waals surface area contributed by atoms with Crippen LogP contribution in [0.25, 0.3) is 0 Å². The summed E-state index contributed by atoms with van der Waals surface area (Å²) in [6.07, 6.45) is 4.70. The van der Waals surface area contributed by atoms with Gasteiger partial charge in [-0.05, 0) is 42.6 Å². The van der Waals surface area contributed by atoms with E-state index in [0.717, 1.165) is 36.6 Å². The minimum absolute atomic E-state index is 0.534. The number of rotatable bonds is 7. The number of aromatic nitrogens is 1. The number of nitrogens with one attached hydrogen (secondary N) is 1. The van der Waals surface area contributed by atoms with Crippen molar-refractivity contribution in [3.8, 4) is 11.5 Å². The van der Waals surface area contributed by atoms with Crippen molar-refractivity contribution in [2.45, 2.75) is 39.7 Å². The molecule has 1 heterocycles. The van der Waals surface area contributed by atoms with Gasteiger partial charge in [-0.2, -0.15) is 0 Å². The lowest BCUT2D eigenvalue weighted by Crippen LogP contribution is -2.14. The summed E-state index contributed by atoms with van der Waals surface area (Å²) >= 11 is 0. The number of hydrogen-bond acceptors (Lipinski definition) is 3. The summed E-state index contributed by atoms with van der Waals surface area (Å²) in [7, 11) is 0. The first kappa shape index (κ1) is 15.5. The molecule has 0 amide bonds. The van der Waals surface area contributed by atoms with E-state index in [1.54, 1.807) is 12.4 Å². The van der Waals surface area contributed by atoms with Crippen LogP contribution in [0.1, 0.15) is 44.2 Å². The molecule has 0 bridgehead atoms. The Morgan fingerprint density at radius 1 is 1.14 bits per heavy atom. The summed E-state index contributed by atoms with van der Waals surface area (Å²) in [5.41, 5.74) is 2.45. The molecule has 1 aromatic carbocycles. The van der Waals surface area contributed by atoms with E-state index < -0.39 is 0 Å². The van der Waals surface area contributed by atoms with E-state index in [9.17, 15) is 0 Å². The van der Waals surface area contributed by atoms with Crippen LogP contribution in [0.4, 0.5) is 0 Å². The minimum atomic E-state index is 0.534. The summed E-state index contributed by atoms with van der Waals surface area (Å²) in [5, 5.41) is 3.39. The highest BCUT2D eigenvalue weighted by molar-refractivity contribution is 5.37. The predicted octanol–water partition coefficient (Wildman–Crippen LogP) is 4.50. The topological polar surface area (TPSA) is 34.2 Å². The Morgan fingerprint density at radius 2 is 1.90 bits per heavy atom. The third-order valence-electron chi connectivity index (χ3n) is 3.39. The quantitative estimate of drug-likeness (QED) is 0.760. The number of benzene rings is 1. The first-order valence-corrected chi connectivity index (χ1v) is 7.62. The Labute approximate surface area is 127 Å². The number of ether oxygens (including phenoxy) is 1. The Bertz CT molecular complexity index is 549. The van der Waals surface area contributed by atoms with Crippen molar-refractivity contribution in [1.82, 2.24) is 10.3 Å². The van der Waals surface area contributed by atoms with Gasteiger partial charge in [-0.15, -0.1) is 0 Å². The molecule has 2 rings (SSSR count). The van der Waals surface area contributed by atoms with Crippen molar-refractivity contribution >= 4 is 0 Å². The summed E-state index contributed by atoms with van der Waals surface area (Å²) in [6.45, 7) is 8.34. The molecule has 0 aliphatic rings. The Hall–Kier alpha value is -1.87. The van der Waals surface area contributed by atoms with Gasteiger partial charge in [0.25, 0.3) is 0 Å². The largest absolute Gasteiger partial charge is 0.455 e. The molecule has 3 heteroatoms. The third kappa shape index (κ3) is 4.57. The van der Waals surface area contributed by atoms with Crippen LogP contribution in [0.15, 0.2) is 42.7 Å². The maximum Gasteiger partial charge on any atom is 0.150 e. The Kier molecular flexibility index (Phi) is 5.76. The Morgan fingerprint density at radius 3 is 2.57 bits per heavy atom. The highest BCUT2D eigenvalue weighted by Gasteiger charge is 2.05. The van der Waals surface area contributed by atoms with Crippen molar-refractivity contribution < 1.29 is 4.74 Å². The van der Waals surface area contributed by atoms with Crippen molar-refractivity contribution in [2.75, 3.05) is 6.54 Å². The molecule has 0 saturated heterocycles. The van der Waals surface area contributed by atoms with E-state index >= 15 is 0 Å². The van der Waals surface area contributed by atoms with Crippen LogP contribution < -0.4 is 10.1 Å². The molecule has 3 nitrogen and oxygen atoms in total. The molecule has 0 atom stereocenters. The number of hydrogen-bond donors (Lipinski definition) is 1. The monoisotopic (exact) mass is 284 g/mol. The van der Waals surface area contributed by atoms with Crippen LogP contribution >= 0.6 is 0 Å². The van der Waals surface area contributed by atoms with Crippen LogP contribution in [0, 0.1) is 0 Å². The van der Waals surface area contributed by atoms with Crippen LogP contribution in [-0.4, -0.2) is 11.5 Å². The van der Waals surface area contributed by atoms with Gasteiger partial charge in [0.1, 0.15) is 11.5 Å². The van der Waals surface area contributed by atoms with Gasteiger partial charge in [0.2, 0.25) is 0 Å². The van der Waals surface area contributed by atoms with Gasteiger partial charge in [-0.25, -0.2) is 0 Å². The summed E-state index contributed by atoms with van der Waals surface area (Å²) in [6, 6.07) is 10.3. The minimum Gasteiger partial charge on any atom is -0.455 e. The molecule has 1 aromatic heterocycles. The molecule has 0 fully saturated rings. The molecule has 0 aliphatic heterocycles. The highest BCUT2D eigenvalue weighted by Crippen LogP contribution is 2.26. The number of pyridine rings is 1. The fraction of sp³-hybridized carbons (Fsp3) is 0.389. The van der Waals surface area contributed by atoms with Crippen LogP contribution in [0.2, 0.25) is 0 Å². The van der Waals surface area contributed by atoms with E-state index in [0.29, 0.717) is 5.92 Å². The maximum absolute atomic E-state index is 5.97. The van der Waals surface area contributed by atoms with E-state index in [-0.39, 0.29) is 0 Å². The third-order valence-corrected chi connectivity index (χ3v) is 3.39. The fourth-order valence-electron chi connectivity index (χ4n) is 2.09. The van der Waals surface area contributed by atoms with Crippen molar-refractivity contribution in [2.24, 2.45) is 0 Å². The second kappa shape index (κ2) is 7.79. The van der Waals surface area contributed by atoms with Crippen molar-refractivity contribution in [1.29, 1.82) is 0 Å². The zero-order valence-electron chi connectivity index (χ0n) is 13.1. The summed E-state index contributed by atoms with van der Waals surface area (Å²) < 4.78 is 5.97. The molecular formula is C18H24N2O. The van der Waals surface area contributed by atoms with Gasteiger partial charge >= 0.3 is 0 Å². The molecule has 1 N–H and O–H groups in total. The molecule has 2 aromatic rings. The fourth-order valence-corrected chi connectivity index (χ4v) is 2.09. The number of nitrogens with zero attached hydrogens (tertiary/aromatic N) is 1. The van der Waals surface area contributed by atoms with E-state index in [4.69, 9.17) is 4.74 Å². The maximum atomic E-state index is 5.97. The zero-order valence-corrected chi connectivity index (χ0v) is 13.1. The first-order chi connectivity index (χ1) is 10.2. The normalized spacial score (nSPS) is 10.9. The van der Waals surface area contributed by atoms with Gasteiger partial charge < -0.3 is 10.1 Å². The SMILES string of the molecule is CCCNCc1ccncc1Oc1ccc(C(C)C)cc1. The molecule has 0 saturated carbocycles. The summed E-state index contributed by atoms with van der Waals surface area (Å²) in [5.74, 6) is 2.20. The highest BCUT2D eigenvalue weighted by atomic mass is 16.5. The van der Waals surface area contributed by atoms with Crippen LogP contribution in [0.5, 0.6) is 11.5 Å². The molecule has 0 spiro atoms. The first-order valence-electron chi connectivity index (χ1n) is 7.62. The lowest BCUT2D eigenvalue weighted by Gasteiger charge is -2.12. The molecule has 0 unspecified atom stereocenters. The van der Waals surface area contributed by atoms with Gasteiger partial charge in [-0.3, -0.25) is 4.98 Å². The van der Waals surface area contributed by atoms with Crippen LogP contribution in [0.3, 0.4) is 0 Å². The smallest absolute Gasteiger partial charge is 0.150 e. The average molecular weight is 284 g/mol. The van der Waals surface area contributed by atoms with Gasteiger partial charge in [0.15, 0.2) is 0 Å². The molecular weight excluding hydrogens is 260 g/mol. The molecule has 21 heavy (non-hydrogen) atoms. The zero-order chi connectivity index (χ0) is 15.1.